The highest BCUT2D eigenvalue weighted by Crippen LogP contribution is 2.33. The third-order valence-corrected chi connectivity index (χ3v) is 3.71. The summed E-state index contributed by atoms with van der Waals surface area (Å²) in [4.78, 5) is 11.5. The summed E-state index contributed by atoms with van der Waals surface area (Å²) < 4.78 is 46.4. The lowest BCUT2D eigenvalue weighted by molar-refractivity contribution is 0.0316. The van der Waals surface area contributed by atoms with Gasteiger partial charge in [-0.05, 0) is 46.5 Å². The molecule has 0 aromatic rings. The summed E-state index contributed by atoms with van der Waals surface area (Å²) in [6.45, 7) is 5.04. The monoisotopic (exact) mass is 325 g/mol. The quantitative estimate of drug-likeness (QED) is 0.801. The molecule has 1 rings (SSSR count). The van der Waals surface area contributed by atoms with E-state index in [1.165, 1.54) is 0 Å². The van der Waals surface area contributed by atoms with Gasteiger partial charge in [0.05, 0.1) is 18.9 Å². The summed E-state index contributed by atoms with van der Waals surface area (Å²) in [6.07, 6.45) is 0.735. The molecule has 0 aliphatic heterocycles. The van der Waals surface area contributed by atoms with Crippen LogP contribution >= 0.6 is 0 Å². The number of alkyl halides is 1. The first kappa shape index (κ1) is 18.2. The van der Waals surface area contributed by atoms with Crippen molar-refractivity contribution in [2.75, 3.05) is 12.8 Å². The van der Waals surface area contributed by atoms with Crippen LogP contribution in [0.4, 0.5) is 9.18 Å². The minimum absolute atomic E-state index is 0.142. The van der Waals surface area contributed by atoms with Crippen LogP contribution in [0.2, 0.25) is 0 Å². The number of ether oxygens (including phenoxy) is 1. The van der Waals surface area contributed by atoms with Crippen LogP contribution in [0.5, 0.6) is 0 Å². The molecule has 0 spiro atoms. The summed E-state index contributed by atoms with van der Waals surface area (Å²) in [7, 11) is -3.52. The second kappa shape index (κ2) is 6.48. The predicted octanol–water partition coefficient (Wildman–Crippen LogP) is 2.14. The van der Waals surface area contributed by atoms with Gasteiger partial charge in [-0.3, -0.25) is 4.18 Å². The fraction of sp³-hybridized carbons (Fsp3) is 0.923. The van der Waals surface area contributed by atoms with Gasteiger partial charge in [-0.2, -0.15) is 8.42 Å². The number of amides is 1. The molecule has 0 aromatic carbocycles. The molecule has 1 N–H and O–H groups in total. The first-order valence-electron chi connectivity index (χ1n) is 6.93. The minimum atomic E-state index is -3.52. The van der Waals surface area contributed by atoms with E-state index in [2.05, 4.69) is 5.32 Å². The molecule has 1 amide bonds. The van der Waals surface area contributed by atoms with E-state index < -0.39 is 33.6 Å². The largest absolute Gasteiger partial charge is 0.444 e. The van der Waals surface area contributed by atoms with Crippen LogP contribution in [0.1, 0.15) is 46.5 Å². The number of rotatable bonds is 4. The Morgan fingerprint density at radius 1 is 1.33 bits per heavy atom. The molecule has 0 bridgehead atoms. The fourth-order valence-corrected chi connectivity index (χ4v) is 2.86. The minimum Gasteiger partial charge on any atom is -0.444 e. The standard InChI is InChI=1S/C13H24FNO5S/c1-12(2,3)19-11(16)15-9-13(14)7-5-10(6-8-13)20-21(4,17)18/h10H,5-9H2,1-4H3,(H,15,16)/t10-,13+. The second-order valence-electron chi connectivity index (χ2n) is 6.51. The van der Waals surface area contributed by atoms with Crippen molar-refractivity contribution < 1.29 is 26.5 Å². The SMILES string of the molecule is CC(C)(C)OC(=O)NC[C@]1(F)CC[C@@H](OS(C)(=O)=O)CC1. The summed E-state index contributed by atoms with van der Waals surface area (Å²) in [5.41, 5.74) is -2.18. The molecular formula is C13H24FNO5S. The number of hydrogen-bond acceptors (Lipinski definition) is 5. The maximum Gasteiger partial charge on any atom is 0.407 e. The lowest BCUT2D eigenvalue weighted by Gasteiger charge is -2.33. The maximum atomic E-state index is 14.5. The third-order valence-electron chi connectivity index (χ3n) is 3.09. The maximum absolute atomic E-state index is 14.5. The number of carbonyl (C=O) groups is 1. The molecule has 1 saturated carbocycles. The Labute approximate surface area is 125 Å². The van der Waals surface area contributed by atoms with Gasteiger partial charge in [0, 0.05) is 0 Å². The van der Waals surface area contributed by atoms with Gasteiger partial charge in [0.15, 0.2) is 0 Å². The van der Waals surface area contributed by atoms with Crippen LogP contribution in [0.15, 0.2) is 0 Å². The van der Waals surface area contributed by atoms with Crippen molar-refractivity contribution in [1.82, 2.24) is 5.32 Å². The Morgan fingerprint density at radius 2 is 1.86 bits per heavy atom. The van der Waals surface area contributed by atoms with Crippen molar-refractivity contribution in [1.29, 1.82) is 0 Å². The van der Waals surface area contributed by atoms with Crippen molar-refractivity contribution in [3.05, 3.63) is 0 Å². The van der Waals surface area contributed by atoms with Crippen molar-refractivity contribution >= 4 is 16.2 Å². The highest BCUT2D eigenvalue weighted by molar-refractivity contribution is 7.86. The number of halogens is 1. The van der Waals surface area contributed by atoms with E-state index in [1.807, 2.05) is 0 Å². The van der Waals surface area contributed by atoms with Crippen molar-refractivity contribution in [3.8, 4) is 0 Å². The van der Waals surface area contributed by atoms with Gasteiger partial charge in [0.25, 0.3) is 10.1 Å². The van der Waals surface area contributed by atoms with Crippen LogP contribution in [0.25, 0.3) is 0 Å². The summed E-state index contributed by atoms with van der Waals surface area (Å²) in [5, 5.41) is 2.42. The molecule has 6 nitrogen and oxygen atoms in total. The van der Waals surface area contributed by atoms with Gasteiger partial charge in [0.1, 0.15) is 11.3 Å². The molecule has 8 heteroatoms. The van der Waals surface area contributed by atoms with Gasteiger partial charge in [-0.15, -0.1) is 0 Å². The number of hydrogen-bond donors (Lipinski definition) is 1. The molecule has 0 atom stereocenters. The van der Waals surface area contributed by atoms with Crippen molar-refractivity contribution in [2.45, 2.75) is 63.8 Å². The Hall–Kier alpha value is -0.890. The van der Waals surface area contributed by atoms with Gasteiger partial charge in [0.2, 0.25) is 0 Å². The highest BCUT2D eigenvalue weighted by atomic mass is 32.2. The van der Waals surface area contributed by atoms with E-state index in [0.717, 1.165) is 6.26 Å². The molecule has 1 aliphatic carbocycles. The van der Waals surface area contributed by atoms with Crippen LogP contribution in [0.3, 0.4) is 0 Å². The van der Waals surface area contributed by atoms with E-state index in [4.69, 9.17) is 8.92 Å². The van der Waals surface area contributed by atoms with Crippen molar-refractivity contribution in [2.24, 2.45) is 0 Å². The van der Waals surface area contributed by atoms with Gasteiger partial charge >= 0.3 is 6.09 Å². The fourth-order valence-electron chi connectivity index (χ4n) is 2.17. The smallest absolute Gasteiger partial charge is 0.407 e. The van der Waals surface area contributed by atoms with Crippen molar-refractivity contribution in [3.63, 3.8) is 0 Å². The molecule has 124 valence electrons. The van der Waals surface area contributed by atoms with Crippen LogP contribution in [0, 0.1) is 0 Å². The van der Waals surface area contributed by atoms with Gasteiger partial charge in [-0.1, -0.05) is 0 Å². The zero-order valence-electron chi connectivity index (χ0n) is 12.9. The average molecular weight is 325 g/mol. The van der Waals surface area contributed by atoms with Gasteiger partial charge < -0.3 is 10.1 Å². The normalized spacial score (nSPS) is 27.2. The summed E-state index contributed by atoms with van der Waals surface area (Å²) in [6, 6.07) is 0. The lowest BCUT2D eigenvalue weighted by atomic mass is 9.85. The first-order chi connectivity index (χ1) is 9.39. The molecule has 1 aliphatic rings. The van der Waals surface area contributed by atoms with E-state index in [0.29, 0.717) is 12.8 Å². The van der Waals surface area contributed by atoms with Crippen LogP contribution < -0.4 is 5.32 Å². The van der Waals surface area contributed by atoms with Gasteiger partial charge in [-0.25, -0.2) is 9.18 Å². The molecule has 21 heavy (non-hydrogen) atoms. The highest BCUT2D eigenvalue weighted by Gasteiger charge is 2.37. The lowest BCUT2D eigenvalue weighted by Crippen LogP contribution is -2.45. The number of carbonyl (C=O) groups excluding carboxylic acids is 1. The molecule has 0 saturated heterocycles. The number of nitrogens with one attached hydrogen (secondary N) is 1. The Bertz CT molecular complexity index is 463. The first-order valence-corrected chi connectivity index (χ1v) is 8.74. The Kier molecular flexibility index (Phi) is 5.60. The molecule has 0 unspecified atom stereocenters. The summed E-state index contributed by atoms with van der Waals surface area (Å²) in [5.74, 6) is 0. The van der Waals surface area contributed by atoms with Crippen LogP contribution in [-0.4, -0.2) is 44.7 Å². The van der Waals surface area contributed by atoms with E-state index >= 15 is 0 Å². The molecule has 0 radical (unpaired) electrons. The topological polar surface area (TPSA) is 81.7 Å². The third kappa shape index (κ3) is 7.61. The molecule has 0 aromatic heterocycles. The molecule has 0 heterocycles. The van der Waals surface area contributed by atoms with E-state index in [1.54, 1.807) is 20.8 Å². The van der Waals surface area contributed by atoms with E-state index in [9.17, 15) is 17.6 Å². The summed E-state index contributed by atoms with van der Waals surface area (Å²) >= 11 is 0. The zero-order chi connectivity index (χ0) is 16.3. The Balaban J connectivity index is 2.39. The van der Waals surface area contributed by atoms with Crippen LogP contribution in [-0.2, 0) is 19.0 Å². The second-order valence-corrected chi connectivity index (χ2v) is 8.11. The molecular weight excluding hydrogens is 301 g/mol. The number of alkyl carbamates (subject to hydrolysis) is 1. The average Bonchev–Trinajstić information content (AvgIpc) is 2.26. The zero-order valence-corrected chi connectivity index (χ0v) is 13.8. The van der Waals surface area contributed by atoms with E-state index in [-0.39, 0.29) is 19.4 Å². The predicted molar refractivity (Wildman–Crippen MR) is 76.3 cm³/mol. The Morgan fingerprint density at radius 3 is 2.29 bits per heavy atom. The molecule has 1 fully saturated rings.